The van der Waals surface area contributed by atoms with Crippen molar-refractivity contribution in [1.82, 2.24) is 10.2 Å². The van der Waals surface area contributed by atoms with Crippen LogP contribution in [0.15, 0.2) is 54.6 Å². The molecule has 4 rings (SSSR count). The summed E-state index contributed by atoms with van der Waals surface area (Å²) in [7, 11) is 0. The molecule has 1 aliphatic carbocycles. The molecule has 2 aromatic carbocycles. The zero-order valence-electron chi connectivity index (χ0n) is 14.7. The average Bonchev–Trinajstić information content (AvgIpc) is 3.02. The lowest BCUT2D eigenvalue weighted by Gasteiger charge is -2.33. The summed E-state index contributed by atoms with van der Waals surface area (Å²) in [5.74, 6) is 0.151. The molecule has 0 unspecified atom stereocenters. The molecule has 130 valence electrons. The molecule has 3 nitrogen and oxygen atoms in total. The summed E-state index contributed by atoms with van der Waals surface area (Å²) in [4.78, 5) is 15.1. The van der Waals surface area contributed by atoms with E-state index < -0.39 is 0 Å². The van der Waals surface area contributed by atoms with E-state index in [2.05, 4.69) is 58.7 Å². The summed E-state index contributed by atoms with van der Waals surface area (Å²) in [6.07, 6.45) is 5.46. The second-order valence-electron chi connectivity index (χ2n) is 7.46. The Balaban J connectivity index is 1.56. The van der Waals surface area contributed by atoms with Crippen molar-refractivity contribution in [1.29, 1.82) is 0 Å². The largest absolute Gasteiger partial charge is 0.345 e. The van der Waals surface area contributed by atoms with Crippen LogP contribution in [0.25, 0.3) is 0 Å². The molecule has 1 saturated heterocycles. The number of nitrogens with zero attached hydrogens (tertiary/aromatic N) is 1. The Labute approximate surface area is 150 Å². The number of carbonyl (C=O) groups excluding carboxylic acids is 1. The van der Waals surface area contributed by atoms with E-state index >= 15 is 0 Å². The highest BCUT2D eigenvalue weighted by atomic mass is 16.2. The predicted molar refractivity (Wildman–Crippen MR) is 100 cm³/mol. The van der Waals surface area contributed by atoms with Gasteiger partial charge < -0.3 is 5.32 Å². The van der Waals surface area contributed by atoms with Gasteiger partial charge in [-0.05, 0) is 42.6 Å². The normalized spacial score (nSPS) is 19.4. The van der Waals surface area contributed by atoms with Crippen molar-refractivity contribution in [2.75, 3.05) is 19.6 Å². The minimum absolute atomic E-state index is 0.151. The van der Waals surface area contributed by atoms with E-state index in [0.717, 1.165) is 25.9 Å². The van der Waals surface area contributed by atoms with Crippen molar-refractivity contribution in [3.8, 4) is 0 Å². The molecule has 1 aliphatic heterocycles. The van der Waals surface area contributed by atoms with Crippen LogP contribution in [-0.4, -0.2) is 30.4 Å². The second kappa shape index (κ2) is 7.01. The molecular weight excluding hydrogens is 308 g/mol. The fourth-order valence-corrected chi connectivity index (χ4v) is 4.36. The lowest BCUT2D eigenvalue weighted by Crippen LogP contribution is -2.50. The van der Waals surface area contributed by atoms with Gasteiger partial charge in [0.15, 0.2) is 0 Å². The zero-order valence-corrected chi connectivity index (χ0v) is 14.7. The van der Waals surface area contributed by atoms with Crippen molar-refractivity contribution in [3.63, 3.8) is 0 Å². The number of rotatable bonds is 4. The summed E-state index contributed by atoms with van der Waals surface area (Å²) in [5.41, 5.74) is 3.60. The molecule has 25 heavy (non-hydrogen) atoms. The molecule has 0 spiro atoms. The highest BCUT2D eigenvalue weighted by Gasteiger charge is 2.40. The topological polar surface area (TPSA) is 32.3 Å². The second-order valence-corrected chi connectivity index (χ2v) is 7.46. The fraction of sp³-hybridized carbons (Fsp3) is 0.409. The molecule has 2 aromatic rings. The van der Waals surface area contributed by atoms with Crippen LogP contribution >= 0.6 is 0 Å². The van der Waals surface area contributed by atoms with E-state index in [1.54, 1.807) is 0 Å². The number of fused-ring (bicyclic) bond motifs is 1. The van der Waals surface area contributed by atoms with Crippen LogP contribution in [0.5, 0.6) is 0 Å². The Bertz CT molecular complexity index is 710. The molecular formula is C22H26N2O. The maximum atomic E-state index is 12.8. The van der Waals surface area contributed by atoms with Crippen LogP contribution in [0.1, 0.15) is 36.0 Å². The SMILES string of the molecule is O=C(CN1CCCCC1)NC1(c2ccccc2)Cc2ccccc2C1. The first-order valence-corrected chi connectivity index (χ1v) is 9.41. The van der Waals surface area contributed by atoms with Gasteiger partial charge in [-0.3, -0.25) is 9.69 Å². The number of hydrogen-bond acceptors (Lipinski definition) is 2. The van der Waals surface area contributed by atoms with Crippen molar-refractivity contribution >= 4 is 5.91 Å². The van der Waals surface area contributed by atoms with E-state index in [-0.39, 0.29) is 11.4 Å². The van der Waals surface area contributed by atoms with Crippen LogP contribution in [0.4, 0.5) is 0 Å². The van der Waals surface area contributed by atoms with Crippen LogP contribution in [0.3, 0.4) is 0 Å². The van der Waals surface area contributed by atoms with Gasteiger partial charge in [-0.2, -0.15) is 0 Å². The van der Waals surface area contributed by atoms with E-state index in [1.807, 2.05) is 6.07 Å². The molecule has 0 aromatic heterocycles. The van der Waals surface area contributed by atoms with Crippen LogP contribution in [0.2, 0.25) is 0 Å². The van der Waals surface area contributed by atoms with Gasteiger partial charge in [0.2, 0.25) is 5.91 Å². The zero-order chi connectivity index (χ0) is 17.1. The molecule has 0 saturated carbocycles. The van der Waals surface area contributed by atoms with Crippen molar-refractivity contribution < 1.29 is 4.79 Å². The first kappa shape index (κ1) is 16.3. The van der Waals surface area contributed by atoms with Gasteiger partial charge in [-0.1, -0.05) is 61.0 Å². The number of nitrogens with one attached hydrogen (secondary N) is 1. The Morgan fingerprint density at radius 3 is 2.12 bits per heavy atom. The first-order valence-electron chi connectivity index (χ1n) is 9.41. The lowest BCUT2D eigenvalue weighted by atomic mass is 9.86. The van der Waals surface area contributed by atoms with E-state index in [0.29, 0.717) is 6.54 Å². The highest BCUT2D eigenvalue weighted by molar-refractivity contribution is 5.79. The van der Waals surface area contributed by atoms with Gasteiger partial charge in [-0.25, -0.2) is 0 Å². The third kappa shape index (κ3) is 3.47. The Hall–Kier alpha value is -2.13. The Morgan fingerprint density at radius 1 is 0.880 bits per heavy atom. The van der Waals surface area contributed by atoms with E-state index in [1.165, 1.54) is 36.0 Å². The smallest absolute Gasteiger partial charge is 0.234 e. The lowest BCUT2D eigenvalue weighted by molar-refractivity contribution is -0.124. The Kier molecular flexibility index (Phi) is 4.58. The first-order chi connectivity index (χ1) is 12.3. The molecule has 1 fully saturated rings. The number of likely N-dealkylation sites (tertiary alicyclic amines) is 1. The number of hydrogen-bond donors (Lipinski definition) is 1. The quantitative estimate of drug-likeness (QED) is 0.931. The standard InChI is InChI=1S/C22H26N2O/c25-21(17-24-13-7-2-8-14-24)23-22(20-11-3-1-4-12-20)15-18-9-5-6-10-19(18)16-22/h1,3-6,9-12H,2,7-8,13-17H2,(H,23,25). The van der Waals surface area contributed by atoms with Gasteiger partial charge >= 0.3 is 0 Å². The predicted octanol–water partition coefficient (Wildman–Crippen LogP) is 3.28. The van der Waals surface area contributed by atoms with Gasteiger partial charge in [0.25, 0.3) is 0 Å². The summed E-state index contributed by atoms with van der Waals surface area (Å²) < 4.78 is 0. The van der Waals surface area contributed by atoms with E-state index in [4.69, 9.17) is 0 Å². The molecule has 0 radical (unpaired) electrons. The number of piperidine rings is 1. The molecule has 1 heterocycles. The minimum atomic E-state index is -0.308. The highest BCUT2D eigenvalue weighted by Crippen LogP contribution is 2.37. The molecule has 1 amide bonds. The third-order valence-corrected chi connectivity index (χ3v) is 5.62. The summed E-state index contributed by atoms with van der Waals surface area (Å²) in [6, 6.07) is 19.0. The van der Waals surface area contributed by atoms with Crippen molar-refractivity contribution in [2.45, 2.75) is 37.6 Å². The summed E-state index contributed by atoms with van der Waals surface area (Å²) in [6.45, 7) is 2.61. The van der Waals surface area contributed by atoms with E-state index in [9.17, 15) is 4.79 Å². The van der Waals surface area contributed by atoms with Crippen LogP contribution in [0, 0.1) is 0 Å². The monoisotopic (exact) mass is 334 g/mol. The summed E-state index contributed by atoms with van der Waals surface area (Å²) >= 11 is 0. The maximum absolute atomic E-state index is 12.8. The molecule has 1 N–H and O–H groups in total. The van der Waals surface area contributed by atoms with Crippen molar-refractivity contribution in [2.24, 2.45) is 0 Å². The average molecular weight is 334 g/mol. The van der Waals surface area contributed by atoms with Gasteiger partial charge in [0, 0.05) is 12.8 Å². The Morgan fingerprint density at radius 2 is 1.48 bits per heavy atom. The third-order valence-electron chi connectivity index (χ3n) is 5.62. The van der Waals surface area contributed by atoms with Gasteiger partial charge in [-0.15, -0.1) is 0 Å². The number of benzene rings is 2. The van der Waals surface area contributed by atoms with Crippen LogP contribution < -0.4 is 5.32 Å². The van der Waals surface area contributed by atoms with Gasteiger partial charge in [0.1, 0.15) is 0 Å². The van der Waals surface area contributed by atoms with Crippen molar-refractivity contribution in [3.05, 3.63) is 71.3 Å². The minimum Gasteiger partial charge on any atom is -0.345 e. The molecule has 0 atom stereocenters. The molecule has 3 heteroatoms. The molecule has 0 bridgehead atoms. The summed E-state index contributed by atoms with van der Waals surface area (Å²) in [5, 5.41) is 3.42. The van der Waals surface area contributed by atoms with Gasteiger partial charge in [0.05, 0.1) is 12.1 Å². The number of amides is 1. The fourth-order valence-electron chi connectivity index (χ4n) is 4.36. The molecule has 2 aliphatic rings. The maximum Gasteiger partial charge on any atom is 0.234 e. The number of carbonyl (C=O) groups is 1. The van der Waals surface area contributed by atoms with Crippen LogP contribution in [-0.2, 0) is 23.2 Å².